The second-order valence-electron chi connectivity index (χ2n) is 3.96. The van der Waals surface area contributed by atoms with E-state index in [4.69, 9.17) is 16.3 Å². The van der Waals surface area contributed by atoms with Gasteiger partial charge in [0.05, 0.1) is 0 Å². The van der Waals surface area contributed by atoms with Gasteiger partial charge in [-0.05, 0) is 31.2 Å². The predicted molar refractivity (Wildman–Crippen MR) is 55.0 cm³/mol. The Kier molecular flexibility index (Phi) is 1.96. The Labute approximate surface area is 92.4 Å². The molecule has 0 saturated carbocycles. The van der Waals surface area contributed by atoms with E-state index in [1.165, 1.54) is 5.56 Å². The van der Waals surface area contributed by atoms with Gasteiger partial charge in [0, 0.05) is 11.3 Å². The predicted octanol–water partition coefficient (Wildman–Crippen LogP) is 2.28. The third-order valence-corrected chi connectivity index (χ3v) is 3.37. The van der Waals surface area contributed by atoms with Crippen molar-refractivity contribution in [3.05, 3.63) is 27.5 Å². The number of ether oxygens (including phenoxy) is 1. The molecule has 0 fully saturated rings. The van der Waals surface area contributed by atoms with Crippen molar-refractivity contribution in [2.75, 3.05) is 0 Å². The maximum atomic E-state index is 11.4. The van der Waals surface area contributed by atoms with Crippen molar-refractivity contribution in [1.82, 2.24) is 4.98 Å². The molecule has 0 radical (unpaired) electrons. The van der Waals surface area contributed by atoms with Crippen molar-refractivity contribution in [2.45, 2.75) is 32.3 Å². The van der Waals surface area contributed by atoms with Crippen LogP contribution in [0.25, 0.3) is 0 Å². The SMILES string of the molecule is O=C1OCc2c3c(nc(Cl)c21)CCCC3. The van der Waals surface area contributed by atoms with Crippen LogP contribution in [0.4, 0.5) is 0 Å². The molecule has 3 rings (SSSR count). The van der Waals surface area contributed by atoms with Crippen LogP contribution in [-0.2, 0) is 24.2 Å². The van der Waals surface area contributed by atoms with Crippen molar-refractivity contribution >= 4 is 17.6 Å². The smallest absolute Gasteiger partial charge is 0.342 e. The maximum absolute atomic E-state index is 11.4. The van der Waals surface area contributed by atoms with Gasteiger partial charge in [0.25, 0.3) is 0 Å². The molecular weight excluding hydrogens is 214 g/mol. The van der Waals surface area contributed by atoms with E-state index in [1.54, 1.807) is 0 Å². The van der Waals surface area contributed by atoms with Crippen LogP contribution in [0.2, 0.25) is 5.15 Å². The van der Waals surface area contributed by atoms with Crippen molar-refractivity contribution in [3.63, 3.8) is 0 Å². The zero-order chi connectivity index (χ0) is 10.4. The molecule has 0 N–H and O–H groups in total. The van der Waals surface area contributed by atoms with E-state index in [0.717, 1.165) is 36.9 Å². The van der Waals surface area contributed by atoms with Crippen LogP contribution >= 0.6 is 11.6 Å². The summed E-state index contributed by atoms with van der Waals surface area (Å²) in [7, 11) is 0. The molecule has 3 nitrogen and oxygen atoms in total. The van der Waals surface area contributed by atoms with E-state index in [1.807, 2.05) is 0 Å². The molecule has 1 aliphatic carbocycles. The zero-order valence-corrected chi connectivity index (χ0v) is 8.93. The van der Waals surface area contributed by atoms with E-state index < -0.39 is 0 Å². The Morgan fingerprint density at radius 3 is 2.87 bits per heavy atom. The minimum Gasteiger partial charge on any atom is -0.457 e. The molecule has 0 bridgehead atoms. The van der Waals surface area contributed by atoms with Gasteiger partial charge in [-0.25, -0.2) is 9.78 Å². The van der Waals surface area contributed by atoms with Gasteiger partial charge in [-0.1, -0.05) is 11.6 Å². The molecule has 0 spiro atoms. The number of cyclic esters (lactones) is 1. The lowest BCUT2D eigenvalue weighted by molar-refractivity contribution is 0.0534. The minimum absolute atomic E-state index is 0.313. The summed E-state index contributed by atoms with van der Waals surface area (Å²) in [4.78, 5) is 15.7. The molecule has 0 saturated heterocycles. The van der Waals surface area contributed by atoms with Gasteiger partial charge in [-0.3, -0.25) is 0 Å². The van der Waals surface area contributed by atoms with Crippen LogP contribution < -0.4 is 0 Å². The molecular formula is C11H10ClNO2. The first-order chi connectivity index (χ1) is 7.27. The summed E-state index contributed by atoms with van der Waals surface area (Å²) in [5.74, 6) is -0.323. The minimum atomic E-state index is -0.323. The highest BCUT2D eigenvalue weighted by molar-refractivity contribution is 6.32. The molecule has 0 atom stereocenters. The van der Waals surface area contributed by atoms with Gasteiger partial charge in [-0.15, -0.1) is 0 Å². The third-order valence-electron chi connectivity index (χ3n) is 3.10. The van der Waals surface area contributed by atoms with Gasteiger partial charge in [0.1, 0.15) is 17.3 Å². The first-order valence-electron chi connectivity index (χ1n) is 5.14. The van der Waals surface area contributed by atoms with Crippen molar-refractivity contribution in [2.24, 2.45) is 0 Å². The average Bonchev–Trinajstić information content (AvgIpc) is 2.62. The van der Waals surface area contributed by atoms with Crippen molar-refractivity contribution in [1.29, 1.82) is 0 Å². The number of fused-ring (bicyclic) bond motifs is 3. The standard InChI is InChI=1S/C11H10ClNO2/c12-10-9-7(5-15-11(9)14)6-3-1-2-4-8(6)13-10/h1-5H2. The second-order valence-corrected chi connectivity index (χ2v) is 4.32. The number of hydrogen-bond acceptors (Lipinski definition) is 3. The van der Waals surface area contributed by atoms with E-state index in [2.05, 4.69) is 4.98 Å². The molecule has 78 valence electrons. The Bertz CT molecular complexity index is 456. The molecule has 2 aliphatic rings. The number of nitrogens with zero attached hydrogens (tertiary/aromatic N) is 1. The number of carbonyl (C=O) groups is 1. The van der Waals surface area contributed by atoms with E-state index in [-0.39, 0.29) is 5.97 Å². The lowest BCUT2D eigenvalue weighted by Crippen LogP contribution is -2.10. The highest BCUT2D eigenvalue weighted by atomic mass is 35.5. The number of pyridine rings is 1. The fourth-order valence-electron chi connectivity index (χ4n) is 2.36. The number of carbonyl (C=O) groups excluding carboxylic acids is 1. The largest absolute Gasteiger partial charge is 0.457 e. The van der Waals surface area contributed by atoms with Gasteiger partial charge >= 0.3 is 5.97 Å². The Balaban J connectivity index is 2.26. The summed E-state index contributed by atoms with van der Waals surface area (Å²) in [5, 5.41) is 0.313. The van der Waals surface area contributed by atoms with Crippen LogP contribution in [0.1, 0.15) is 40.0 Å². The molecule has 2 heterocycles. The number of hydrogen-bond donors (Lipinski definition) is 0. The number of halogens is 1. The first-order valence-corrected chi connectivity index (χ1v) is 5.52. The number of esters is 1. The molecule has 4 heteroatoms. The molecule has 0 unspecified atom stereocenters. The fourth-order valence-corrected chi connectivity index (χ4v) is 2.66. The summed E-state index contributed by atoms with van der Waals surface area (Å²) in [5.41, 5.74) is 3.74. The van der Waals surface area contributed by atoms with Gasteiger partial charge in [0.15, 0.2) is 0 Å². The lowest BCUT2D eigenvalue weighted by Gasteiger charge is -2.17. The van der Waals surface area contributed by atoms with Crippen molar-refractivity contribution < 1.29 is 9.53 Å². The molecule has 0 aromatic carbocycles. The summed E-state index contributed by atoms with van der Waals surface area (Å²) in [6, 6.07) is 0. The van der Waals surface area contributed by atoms with Crippen molar-refractivity contribution in [3.8, 4) is 0 Å². The van der Waals surface area contributed by atoms with Crippen LogP contribution in [-0.4, -0.2) is 11.0 Å². The Hall–Kier alpha value is -1.09. The monoisotopic (exact) mass is 223 g/mol. The fraction of sp³-hybridized carbons (Fsp3) is 0.455. The molecule has 15 heavy (non-hydrogen) atoms. The Morgan fingerprint density at radius 1 is 1.20 bits per heavy atom. The molecule has 1 aliphatic heterocycles. The maximum Gasteiger partial charge on any atom is 0.342 e. The lowest BCUT2D eigenvalue weighted by atomic mass is 9.91. The van der Waals surface area contributed by atoms with Crippen LogP contribution in [0.5, 0.6) is 0 Å². The normalized spacial score (nSPS) is 18.3. The van der Waals surface area contributed by atoms with Crippen LogP contribution in [0.15, 0.2) is 0 Å². The number of rotatable bonds is 0. The molecule has 1 aromatic heterocycles. The summed E-state index contributed by atoms with van der Waals surface area (Å²) in [6.07, 6.45) is 4.29. The number of aryl methyl sites for hydroxylation is 1. The van der Waals surface area contributed by atoms with E-state index in [9.17, 15) is 4.79 Å². The zero-order valence-electron chi connectivity index (χ0n) is 8.18. The van der Waals surface area contributed by atoms with Crippen LogP contribution in [0.3, 0.4) is 0 Å². The molecule has 0 amide bonds. The highest BCUT2D eigenvalue weighted by Crippen LogP contribution is 2.33. The molecule has 1 aromatic rings. The summed E-state index contributed by atoms with van der Waals surface area (Å²) < 4.78 is 5.01. The topological polar surface area (TPSA) is 39.2 Å². The van der Waals surface area contributed by atoms with Gasteiger partial charge < -0.3 is 4.74 Å². The summed E-state index contributed by atoms with van der Waals surface area (Å²) >= 11 is 5.99. The first kappa shape index (κ1) is 9.16. The Morgan fingerprint density at radius 2 is 2.00 bits per heavy atom. The van der Waals surface area contributed by atoms with Gasteiger partial charge in [0.2, 0.25) is 0 Å². The van der Waals surface area contributed by atoms with E-state index >= 15 is 0 Å². The average molecular weight is 224 g/mol. The van der Waals surface area contributed by atoms with Crippen LogP contribution in [0, 0.1) is 0 Å². The highest BCUT2D eigenvalue weighted by Gasteiger charge is 2.30. The quantitative estimate of drug-likeness (QED) is 0.500. The second kappa shape index (κ2) is 3.20. The van der Waals surface area contributed by atoms with E-state index in [0.29, 0.717) is 17.3 Å². The number of aromatic nitrogens is 1. The third kappa shape index (κ3) is 1.26. The van der Waals surface area contributed by atoms with Gasteiger partial charge in [-0.2, -0.15) is 0 Å². The summed E-state index contributed by atoms with van der Waals surface area (Å²) in [6.45, 7) is 0.374.